The molecule has 1 atom stereocenters. The summed E-state index contributed by atoms with van der Waals surface area (Å²) < 4.78 is 1.66. The van der Waals surface area contributed by atoms with Crippen LogP contribution in [0.2, 0.25) is 5.02 Å². The summed E-state index contributed by atoms with van der Waals surface area (Å²) in [5, 5.41) is 17.8. The molecule has 0 saturated carbocycles. The first kappa shape index (κ1) is 18.9. The van der Waals surface area contributed by atoms with E-state index >= 15 is 0 Å². The molecule has 1 amide bonds. The van der Waals surface area contributed by atoms with Gasteiger partial charge in [0.05, 0.1) is 11.9 Å². The molecule has 2 heterocycles. The minimum atomic E-state index is -1.33. The number of nitrogen functional groups attached to an aromatic ring is 1. The van der Waals surface area contributed by atoms with Gasteiger partial charge in [-0.05, 0) is 48.4 Å². The predicted octanol–water partition coefficient (Wildman–Crippen LogP) is 3.03. The Kier molecular flexibility index (Phi) is 4.87. The van der Waals surface area contributed by atoms with Crippen LogP contribution in [0.3, 0.4) is 0 Å². The van der Waals surface area contributed by atoms with Gasteiger partial charge in [-0.1, -0.05) is 23.7 Å². The Morgan fingerprint density at radius 1 is 1.24 bits per heavy atom. The highest BCUT2D eigenvalue weighted by Crippen LogP contribution is 2.25. The van der Waals surface area contributed by atoms with Crippen molar-refractivity contribution in [1.82, 2.24) is 19.7 Å². The lowest BCUT2D eigenvalue weighted by Crippen LogP contribution is -2.21. The molecule has 4 N–H and O–H groups in total. The van der Waals surface area contributed by atoms with E-state index in [1.807, 2.05) is 6.92 Å². The lowest BCUT2D eigenvalue weighted by molar-refractivity contribution is -0.124. The summed E-state index contributed by atoms with van der Waals surface area (Å²) in [7, 11) is 0. The molecule has 0 aliphatic heterocycles. The molecule has 2 aromatic heterocycles. The summed E-state index contributed by atoms with van der Waals surface area (Å²) in [5.41, 5.74) is 9.80. The van der Waals surface area contributed by atoms with Gasteiger partial charge in [-0.2, -0.15) is 5.10 Å². The van der Waals surface area contributed by atoms with Crippen LogP contribution >= 0.6 is 11.6 Å². The van der Waals surface area contributed by atoms with Crippen molar-refractivity contribution in [1.29, 1.82) is 0 Å². The van der Waals surface area contributed by atoms with E-state index in [1.54, 1.807) is 53.3 Å². The number of aliphatic hydroxyl groups excluding tert-OH is 1. The molecular weight excluding hydrogens is 392 g/mol. The molecule has 4 aromatic rings. The number of hydrogen-bond donors (Lipinski definition) is 3. The molecule has 4 rings (SSSR count). The number of fused-ring (bicyclic) bond motifs is 1. The molecule has 0 aliphatic carbocycles. The van der Waals surface area contributed by atoms with Crippen molar-refractivity contribution in [3.05, 3.63) is 71.1 Å². The smallest absolute Gasteiger partial charge is 0.257 e. The van der Waals surface area contributed by atoms with Crippen LogP contribution in [0.25, 0.3) is 16.7 Å². The summed E-state index contributed by atoms with van der Waals surface area (Å²) in [6.45, 7) is 1.88. The molecule has 2 aromatic carbocycles. The van der Waals surface area contributed by atoms with E-state index < -0.39 is 12.0 Å². The van der Waals surface area contributed by atoms with E-state index in [-0.39, 0.29) is 0 Å². The van der Waals surface area contributed by atoms with Gasteiger partial charge in [0.2, 0.25) is 0 Å². The van der Waals surface area contributed by atoms with E-state index in [4.69, 9.17) is 17.3 Å². The van der Waals surface area contributed by atoms with Gasteiger partial charge < -0.3 is 16.2 Å². The Balaban J connectivity index is 1.60. The molecule has 0 aliphatic rings. The maximum Gasteiger partial charge on any atom is 0.257 e. The van der Waals surface area contributed by atoms with Crippen molar-refractivity contribution in [3.8, 4) is 5.69 Å². The van der Waals surface area contributed by atoms with Gasteiger partial charge in [0, 0.05) is 10.7 Å². The zero-order valence-electron chi connectivity index (χ0n) is 15.4. The highest BCUT2D eigenvalue weighted by Gasteiger charge is 2.18. The van der Waals surface area contributed by atoms with Crippen molar-refractivity contribution >= 4 is 40.0 Å². The Morgan fingerprint density at radius 3 is 2.83 bits per heavy atom. The second-order valence-corrected chi connectivity index (χ2v) is 6.93. The molecule has 0 radical (unpaired) electrons. The monoisotopic (exact) mass is 408 g/mol. The number of carbonyl (C=O) groups is 1. The maximum absolute atomic E-state index is 12.4. The van der Waals surface area contributed by atoms with Crippen LogP contribution in [-0.4, -0.2) is 30.8 Å². The number of amides is 1. The van der Waals surface area contributed by atoms with E-state index in [1.165, 1.54) is 6.33 Å². The standard InChI is InChI=1S/C20H17ClN6O2/c1-11-7-14(26-20(29)18(28)12-3-2-4-13(21)8-12)5-6-16(11)27-17-15(9-25-27)23-10-24-19(17)22/h2-10,18,28H,1H3,(H,26,29)(H2,22,23,24)/t18-/m1/s1. The Labute approximate surface area is 171 Å². The lowest BCUT2D eigenvalue weighted by atomic mass is 10.1. The fourth-order valence-corrected chi connectivity index (χ4v) is 3.28. The van der Waals surface area contributed by atoms with Crippen molar-refractivity contribution < 1.29 is 9.90 Å². The van der Waals surface area contributed by atoms with Crippen LogP contribution in [0, 0.1) is 6.92 Å². The van der Waals surface area contributed by atoms with Gasteiger partial charge in [-0.3, -0.25) is 4.79 Å². The van der Waals surface area contributed by atoms with Crippen LogP contribution in [0.1, 0.15) is 17.2 Å². The highest BCUT2D eigenvalue weighted by molar-refractivity contribution is 6.30. The number of nitrogens with one attached hydrogen (secondary N) is 1. The number of aryl methyl sites for hydroxylation is 1. The summed E-state index contributed by atoms with van der Waals surface area (Å²) in [6, 6.07) is 11.8. The lowest BCUT2D eigenvalue weighted by Gasteiger charge is -2.14. The molecule has 0 unspecified atom stereocenters. The van der Waals surface area contributed by atoms with E-state index in [0.717, 1.165) is 11.3 Å². The van der Waals surface area contributed by atoms with Gasteiger partial charge in [0.15, 0.2) is 11.9 Å². The molecule has 0 spiro atoms. The fraction of sp³-hybridized carbons (Fsp3) is 0.100. The Hall–Kier alpha value is -3.49. The predicted molar refractivity (Wildman–Crippen MR) is 111 cm³/mol. The minimum Gasteiger partial charge on any atom is -0.382 e. The van der Waals surface area contributed by atoms with Crippen LogP contribution in [0.5, 0.6) is 0 Å². The number of halogens is 1. The van der Waals surface area contributed by atoms with Crippen molar-refractivity contribution in [2.75, 3.05) is 11.1 Å². The Morgan fingerprint density at radius 2 is 2.07 bits per heavy atom. The SMILES string of the molecule is Cc1cc(NC(=O)[C@H](O)c2cccc(Cl)c2)ccc1-n1ncc2ncnc(N)c21. The maximum atomic E-state index is 12.4. The van der Waals surface area contributed by atoms with E-state index in [0.29, 0.717) is 33.1 Å². The normalized spacial score (nSPS) is 12.1. The molecule has 29 heavy (non-hydrogen) atoms. The van der Waals surface area contributed by atoms with Crippen molar-refractivity contribution in [2.45, 2.75) is 13.0 Å². The first-order chi connectivity index (χ1) is 13.9. The topological polar surface area (TPSA) is 119 Å². The summed E-state index contributed by atoms with van der Waals surface area (Å²) in [6.07, 6.45) is 1.67. The van der Waals surface area contributed by atoms with E-state index in [9.17, 15) is 9.90 Å². The molecule has 8 nitrogen and oxygen atoms in total. The third-order valence-corrected chi connectivity index (χ3v) is 4.73. The average molecular weight is 409 g/mol. The van der Waals surface area contributed by atoms with Crippen LogP contribution in [-0.2, 0) is 4.79 Å². The first-order valence-electron chi connectivity index (χ1n) is 8.73. The molecule has 0 fully saturated rings. The van der Waals surface area contributed by atoms with Gasteiger partial charge in [0.25, 0.3) is 5.91 Å². The number of aliphatic hydroxyl groups is 1. The third-order valence-electron chi connectivity index (χ3n) is 4.49. The molecule has 0 bridgehead atoms. The number of hydrogen-bond acceptors (Lipinski definition) is 6. The van der Waals surface area contributed by atoms with Gasteiger partial charge >= 0.3 is 0 Å². The summed E-state index contributed by atoms with van der Waals surface area (Å²) in [5.74, 6) is -0.226. The van der Waals surface area contributed by atoms with Gasteiger partial charge in [-0.15, -0.1) is 0 Å². The molecule has 9 heteroatoms. The largest absolute Gasteiger partial charge is 0.382 e. The van der Waals surface area contributed by atoms with Crippen molar-refractivity contribution in [2.24, 2.45) is 0 Å². The average Bonchev–Trinajstić information content (AvgIpc) is 3.13. The van der Waals surface area contributed by atoms with Crippen LogP contribution in [0.4, 0.5) is 11.5 Å². The zero-order valence-corrected chi connectivity index (χ0v) is 16.1. The molecular formula is C20H17ClN6O2. The second-order valence-electron chi connectivity index (χ2n) is 6.50. The molecule has 0 saturated heterocycles. The quantitative estimate of drug-likeness (QED) is 0.477. The van der Waals surface area contributed by atoms with Crippen LogP contribution in [0.15, 0.2) is 55.0 Å². The Bertz CT molecular complexity index is 1220. The summed E-state index contributed by atoms with van der Waals surface area (Å²) in [4.78, 5) is 20.6. The number of aromatic nitrogens is 4. The van der Waals surface area contributed by atoms with Gasteiger partial charge in [-0.25, -0.2) is 14.6 Å². The number of rotatable bonds is 4. The van der Waals surface area contributed by atoms with Crippen molar-refractivity contribution in [3.63, 3.8) is 0 Å². The number of anilines is 2. The van der Waals surface area contributed by atoms with E-state index in [2.05, 4.69) is 20.4 Å². The third kappa shape index (κ3) is 3.63. The molecule has 146 valence electrons. The van der Waals surface area contributed by atoms with Crippen LogP contribution < -0.4 is 11.1 Å². The van der Waals surface area contributed by atoms with Gasteiger partial charge in [0.1, 0.15) is 17.4 Å². The highest BCUT2D eigenvalue weighted by atomic mass is 35.5. The first-order valence-corrected chi connectivity index (χ1v) is 9.11. The second kappa shape index (κ2) is 7.50. The number of benzene rings is 2. The summed E-state index contributed by atoms with van der Waals surface area (Å²) >= 11 is 5.92. The minimum absolute atomic E-state index is 0.328. The fourth-order valence-electron chi connectivity index (χ4n) is 3.08. The number of nitrogens with zero attached hydrogens (tertiary/aromatic N) is 4. The number of carbonyl (C=O) groups excluding carboxylic acids is 1. The number of nitrogens with two attached hydrogens (primary N) is 1. The zero-order chi connectivity index (χ0) is 20.5.